The molecule has 0 aromatic rings. The van der Waals surface area contributed by atoms with Gasteiger partial charge in [0, 0.05) is 0 Å². The third-order valence-corrected chi connectivity index (χ3v) is 1.88. The van der Waals surface area contributed by atoms with E-state index in [1.165, 1.54) is 0 Å². The molecular formula is C6H13NO4. The van der Waals surface area contributed by atoms with E-state index in [9.17, 15) is 5.11 Å². The molecule has 1 heterocycles. The molecule has 5 nitrogen and oxygen atoms in total. The Morgan fingerprint density at radius 1 is 1.45 bits per heavy atom. The standard InChI is InChI=1S/C6H13NO4/c7-5-3(9)2-11-4(1-8)6(5)10/h3-6,8-10H,1-2,7H2/t3?,4?,5?,6-/m0/s1. The van der Waals surface area contributed by atoms with Crippen molar-refractivity contribution in [2.24, 2.45) is 5.73 Å². The van der Waals surface area contributed by atoms with Crippen molar-refractivity contribution in [3.63, 3.8) is 0 Å². The highest BCUT2D eigenvalue weighted by molar-refractivity contribution is 4.89. The minimum atomic E-state index is -0.983. The predicted molar refractivity (Wildman–Crippen MR) is 36.8 cm³/mol. The van der Waals surface area contributed by atoms with Crippen LogP contribution in [0.15, 0.2) is 0 Å². The zero-order valence-corrected chi connectivity index (χ0v) is 6.05. The van der Waals surface area contributed by atoms with Gasteiger partial charge in [0.25, 0.3) is 0 Å². The number of hydrogen-bond donors (Lipinski definition) is 4. The van der Waals surface area contributed by atoms with Gasteiger partial charge in [-0.05, 0) is 0 Å². The summed E-state index contributed by atoms with van der Waals surface area (Å²) < 4.78 is 4.89. The van der Waals surface area contributed by atoms with Crippen molar-refractivity contribution in [1.82, 2.24) is 0 Å². The van der Waals surface area contributed by atoms with Gasteiger partial charge in [-0.1, -0.05) is 0 Å². The Kier molecular flexibility index (Phi) is 2.80. The second-order valence-electron chi connectivity index (χ2n) is 2.69. The molecule has 0 radical (unpaired) electrons. The summed E-state index contributed by atoms with van der Waals surface area (Å²) in [5, 5.41) is 27.0. The normalized spacial score (nSPS) is 45.8. The Morgan fingerprint density at radius 3 is 2.64 bits per heavy atom. The molecule has 0 amide bonds. The van der Waals surface area contributed by atoms with Crippen molar-refractivity contribution in [2.45, 2.75) is 24.4 Å². The van der Waals surface area contributed by atoms with Crippen LogP contribution in [0.25, 0.3) is 0 Å². The lowest BCUT2D eigenvalue weighted by atomic mass is 9.99. The van der Waals surface area contributed by atoms with Crippen molar-refractivity contribution >= 4 is 0 Å². The number of rotatable bonds is 1. The van der Waals surface area contributed by atoms with Crippen molar-refractivity contribution in [1.29, 1.82) is 0 Å². The maximum Gasteiger partial charge on any atom is 0.108 e. The second kappa shape index (κ2) is 3.46. The molecule has 3 unspecified atom stereocenters. The van der Waals surface area contributed by atoms with E-state index in [0.29, 0.717) is 0 Å². The monoisotopic (exact) mass is 163 g/mol. The third kappa shape index (κ3) is 1.69. The van der Waals surface area contributed by atoms with Gasteiger partial charge in [-0.3, -0.25) is 0 Å². The minimum Gasteiger partial charge on any atom is -0.394 e. The third-order valence-electron chi connectivity index (χ3n) is 1.88. The van der Waals surface area contributed by atoms with Gasteiger partial charge in [-0.25, -0.2) is 0 Å². The highest BCUT2D eigenvalue weighted by atomic mass is 16.5. The Balaban J connectivity index is 2.52. The second-order valence-corrected chi connectivity index (χ2v) is 2.69. The zero-order valence-electron chi connectivity index (χ0n) is 6.05. The molecule has 1 saturated heterocycles. The summed E-state index contributed by atoms with van der Waals surface area (Å²) in [6.07, 6.45) is -2.48. The summed E-state index contributed by atoms with van der Waals surface area (Å²) in [6.45, 7) is -0.203. The van der Waals surface area contributed by atoms with Crippen LogP contribution >= 0.6 is 0 Å². The van der Waals surface area contributed by atoms with Crippen LogP contribution in [0.2, 0.25) is 0 Å². The van der Waals surface area contributed by atoms with Crippen LogP contribution in [0.1, 0.15) is 0 Å². The van der Waals surface area contributed by atoms with Crippen molar-refractivity contribution in [3.05, 3.63) is 0 Å². The summed E-state index contributed by atoms with van der Waals surface area (Å²) in [6, 6.07) is -0.721. The zero-order chi connectivity index (χ0) is 8.43. The van der Waals surface area contributed by atoms with Gasteiger partial charge >= 0.3 is 0 Å². The fourth-order valence-corrected chi connectivity index (χ4v) is 1.07. The van der Waals surface area contributed by atoms with Gasteiger partial charge in [-0.2, -0.15) is 0 Å². The average molecular weight is 163 g/mol. The number of hydrogen-bond acceptors (Lipinski definition) is 5. The molecule has 0 spiro atoms. The lowest BCUT2D eigenvalue weighted by Gasteiger charge is -2.34. The van der Waals surface area contributed by atoms with Crippen LogP contribution in [0, 0.1) is 0 Å². The van der Waals surface area contributed by atoms with Crippen molar-refractivity contribution < 1.29 is 20.1 Å². The minimum absolute atomic E-state index is 0.0729. The first-order valence-electron chi connectivity index (χ1n) is 3.51. The number of nitrogens with two attached hydrogens (primary N) is 1. The first kappa shape index (κ1) is 8.89. The molecular weight excluding hydrogens is 150 g/mol. The Morgan fingerprint density at radius 2 is 2.09 bits per heavy atom. The van der Waals surface area contributed by atoms with Crippen LogP contribution in [-0.2, 0) is 4.74 Å². The molecule has 1 aliphatic rings. The lowest BCUT2D eigenvalue weighted by Crippen LogP contribution is -2.58. The molecule has 0 aromatic carbocycles. The van der Waals surface area contributed by atoms with Gasteiger partial charge in [-0.15, -0.1) is 0 Å². The Labute approximate surface area is 64.4 Å². The van der Waals surface area contributed by atoms with Gasteiger partial charge in [0.1, 0.15) is 12.2 Å². The molecule has 4 atom stereocenters. The van der Waals surface area contributed by atoms with E-state index < -0.39 is 24.4 Å². The molecule has 1 rings (SSSR count). The maximum absolute atomic E-state index is 9.24. The van der Waals surface area contributed by atoms with E-state index >= 15 is 0 Å². The van der Waals surface area contributed by atoms with Crippen molar-refractivity contribution in [2.75, 3.05) is 13.2 Å². The van der Waals surface area contributed by atoms with Gasteiger partial charge in [0.05, 0.1) is 25.4 Å². The van der Waals surface area contributed by atoms with E-state index in [1.54, 1.807) is 0 Å². The molecule has 0 saturated carbocycles. The maximum atomic E-state index is 9.24. The van der Waals surface area contributed by atoms with E-state index in [4.69, 9.17) is 20.7 Å². The number of aliphatic hydroxyl groups excluding tert-OH is 3. The highest BCUT2D eigenvalue weighted by Crippen LogP contribution is 2.12. The highest BCUT2D eigenvalue weighted by Gasteiger charge is 2.35. The lowest BCUT2D eigenvalue weighted by molar-refractivity contribution is -0.147. The molecule has 66 valence electrons. The quantitative estimate of drug-likeness (QED) is 0.340. The van der Waals surface area contributed by atoms with Gasteiger partial charge in [0.2, 0.25) is 0 Å². The molecule has 5 heteroatoms. The average Bonchev–Trinajstić information content (AvgIpc) is 2.01. The van der Waals surface area contributed by atoms with Crippen LogP contribution in [0.4, 0.5) is 0 Å². The Hall–Kier alpha value is -0.200. The summed E-state index contributed by atoms with van der Waals surface area (Å²) >= 11 is 0. The molecule has 5 N–H and O–H groups in total. The number of aliphatic hydroxyl groups is 3. The summed E-state index contributed by atoms with van der Waals surface area (Å²) in [7, 11) is 0. The summed E-state index contributed by atoms with van der Waals surface area (Å²) in [4.78, 5) is 0. The van der Waals surface area contributed by atoms with Crippen LogP contribution < -0.4 is 5.73 Å². The molecule has 0 bridgehead atoms. The van der Waals surface area contributed by atoms with E-state index in [-0.39, 0.29) is 13.2 Å². The summed E-state index contributed by atoms with van der Waals surface area (Å²) in [5.74, 6) is 0. The van der Waals surface area contributed by atoms with Crippen molar-refractivity contribution in [3.8, 4) is 0 Å². The largest absolute Gasteiger partial charge is 0.394 e. The van der Waals surface area contributed by atoms with E-state index in [1.807, 2.05) is 0 Å². The molecule has 1 fully saturated rings. The fourth-order valence-electron chi connectivity index (χ4n) is 1.07. The molecule has 11 heavy (non-hydrogen) atoms. The smallest absolute Gasteiger partial charge is 0.108 e. The van der Waals surface area contributed by atoms with Crippen LogP contribution in [0.5, 0.6) is 0 Å². The SMILES string of the molecule is NC1C(O)COC(CO)[C@@H]1O. The van der Waals surface area contributed by atoms with E-state index in [0.717, 1.165) is 0 Å². The van der Waals surface area contributed by atoms with Crippen LogP contribution in [0.3, 0.4) is 0 Å². The Bertz CT molecular complexity index is 130. The van der Waals surface area contributed by atoms with Gasteiger partial charge < -0.3 is 25.8 Å². The van der Waals surface area contributed by atoms with E-state index in [2.05, 4.69) is 0 Å². The first-order valence-corrected chi connectivity index (χ1v) is 3.51. The molecule has 0 aliphatic carbocycles. The molecule has 1 aliphatic heterocycles. The predicted octanol–water partition coefficient (Wildman–Crippen LogP) is -2.57. The van der Waals surface area contributed by atoms with Gasteiger partial charge in [0.15, 0.2) is 0 Å². The van der Waals surface area contributed by atoms with Crippen LogP contribution in [-0.4, -0.2) is 52.9 Å². The molecule has 0 aromatic heterocycles. The topological polar surface area (TPSA) is 95.9 Å². The summed E-state index contributed by atoms with van der Waals surface area (Å²) in [5.41, 5.74) is 5.40. The number of ether oxygens (including phenoxy) is 1. The fraction of sp³-hybridized carbons (Fsp3) is 1.00. The first-order chi connectivity index (χ1) is 5.16.